The highest BCUT2D eigenvalue weighted by Crippen LogP contribution is 2.16. The van der Waals surface area contributed by atoms with Gasteiger partial charge in [0.05, 0.1) is 0 Å². The zero-order chi connectivity index (χ0) is 16.5. The normalized spacial score (nSPS) is 10.0. The lowest BCUT2D eigenvalue weighted by Gasteiger charge is -2.09. The maximum Gasteiger partial charge on any atom is 0.240 e. The topological polar surface area (TPSA) is 70.6 Å². The minimum Gasteiger partial charge on any atom is -0.326 e. The molecule has 0 saturated heterocycles. The Hall–Kier alpha value is -2.17. The lowest BCUT2D eigenvalue weighted by molar-refractivity contribution is -0.124. The lowest BCUT2D eigenvalue weighted by Crippen LogP contribution is -2.22. The highest BCUT2D eigenvalue weighted by molar-refractivity contribution is 5.94. The second-order valence-corrected chi connectivity index (χ2v) is 5.29. The molecule has 5 heteroatoms. The number of hydrazone groups is 1. The van der Waals surface area contributed by atoms with Crippen molar-refractivity contribution in [1.29, 1.82) is 0 Å². The Kier molecular flexibility index (Phi) is 7.29. The van der Waals surface area contributed by atoms with Gasteiger partial charge in [0.25, 0.3) is 0 Å². The molecule has 0 aliphatic carbocycles. The molecule has 5 nitrogen and oxygen atoms in total. The number of anilines is 1. The lowest BCUT2D eigenvalue weighted by atomic mass is 10.1. The second-order valence-electron chi connectivity index (χ2n) is 5.29. The van der Waals surface area contributed by atoms with Gasteiger partial charge >= 0.3 is 0 Å². The third kappa shape index (κ3) is 6.08. The van der Waals surface area contributed by atoms with Crippen LogP contribution in [0.2, 0.25) is 0 Å². The standard InChI is InChI=1S/C17H25N3O2/c1-5-14(6-2)19-20-17(22)10-9-16(21)18-15-8-7-12(3)11-13(15)4/h7-8,11H,5-6,9-10H2,1-4H3,(H,18,21)(H,20,22). The van der Waals surface area contributed by atoms with E-state index < -0.39 is 0 Å². The van der Waals surface area contributed by atoms with Gasteiger partial charge in [-0.1, -0.05) is 31.5 Å². The molecular weight excluding hydrogens is 278 g/mol. The van der Waals surface area contributed by atoms with E-state index in [9.17, 15) is 9.59 Å². The van der Waals surface area contributed by atoms with Crippen LogP contribution in [0.25, 0.3) is 0 Å². The van der Waals surface area contributed by atoms with E-state index in [2.05, 4.69) is 15.8 Å². The summed E-state index contributed by atoms with van der Waals surface area (Å²) >= 11 is 0. The van der Waals surface area contributed by atoms with Crippen LogP contribution >= 0.6 is 0 Å². The molecule has 0 saturated carbocycles. The van der Waals surface area contributed by atoms with Gasteiger partial charge in [-0.25, -0.2) is 5.43 Å². The molecular formula is C17H25N3O2. The van der Waals surface area contributed by atoms with Crippen LogP contribution in [-0.4, -0.2) is 17.5 Å². The fraction of sp³-hybridized carbons (Fsp3) is 0.471. The number of amides is 2. The van der Waals surface area contributed by atoms with Gasteiger partial charge in [-0.2, -0.15) is 5.10 Å². The first kappa shape index (κ1) is 17.9. The highest BCUT2D eigenvalue weighted by Gasteiger charge is 2.08. The molecule has 0 aliphatic heterocycles. The van der Waals surface area contributed by atoms with Crippen LogP contribution in [0.4, 0.5) is 5.69 Å². The molecule has 0 bridgehead atoms. The van der Waals surface area contributed by atoms with Crippen LogP contribution in [0.3, 0.4) is 0 Å². The molecule has 1 rings (SSSR count). The van der Waals surface area contributed by atoms with Gasteiger partial charge in [0, 0.05) is 24.2 Å². The molecule has 0 fully saturated rings. The van der Waals surface area contributed by atoms with Crippen LogP contribution in [0.15, 0.2) is 23.3 Å². The van der Waals surface area contributed by atoms with Crippen molar-refractivity contribution in [2.75, 3.05) is 5.32 Å². The van der Waals surface area contributed by atoms with Crippen molar-refractivity contribution < 1.29 is 9.59 Å². The maximum atomic E-state index is 11.9. The van der Waals surface area contributed by atoms with E-state index in [1.54, 1.807) is 0 Å². The molecule has 2 N–H and O–H groups in total. The molecule has 2 amide bonds. The van der Waals surface area contributed by atoms with Crippen LogP contribution in [0.5, 0.6) is 0 Å². The number of carbonyl (C=O) groups is 2. The number of rotatable bonds is 7. The molecule has 1 aromatic rings. The summed E-state index contributed by atoms with van der Waals surface area (Å²) < 4.78 is 0. The Morgan fingerprint density at radius 1 is 1.05 bits per heavy atom. The number of hydrogen-bond donors (Lipinski definition) is 2. The summed E-state index contributed by atoms with van der Waals surface area (Å²) in [5.74, 6) is -0.410. The van der Waals surface area contributed by atoms with Crippen molar-refractivity contribution >= 4 is 23.2 Å². The average molecular weight is 303 g/mol. The Bertz CT molecular complexity index is 559. The SMILES string of the molecule is CCC(CC)=NNC(=O)CCC(=O)Nc1ccc(C)cc1C. The predicted molar refractivity (Wildman–Crippen MR) is 89.9 cm³/mol. The van der Waals surface area contributed by atoms with Gasteiger partial charge < -0.3 is 5.32 Å². The zero-order valence-electron chi connectivity index (χ0n) is 13.8. The summed E-state index contributed by atoms with van der Waals surface area (Å²) in [4.78, 5) is 23.5. The highest BCUT2D eigenvalue weighted by atomic mass is 16.2. The largest absolute Gasteiger partial charge is 0.326 e. The number of nitrogens with zero attached hydrogens (tertiary/aromatic N) is 1. The molecule has 0 atom stereocenters. The summed E-state index contributed by atoms with van der Waals surface area (Å²) in [6.07, 6.45) is 1.89. The number of hydrogen-bond acceptors (Lipinski definition) is 3. The van der Waals surface area contributed by atoms with Crippen LogP contribution in [-0.2, 0) is 9.59 Å². The molecule has 0 aliphatic rings. The Labute approximate surface area is 132 Å². The van der Waals surface area contributed by atoms with E-state index in [0.717, 1.165) is 35.4 Å². The van der Waals surface area contributed by atoms with Gasteiger partial charge in [-0.05, 0) is 38.3 Å². The molecule has 0 aromatic heterocycles. The zero-order valence-corrected chi connectivity index (χ0v) is 13.8. The van der Waals surface area contributed by atoms with Crippen molar-refractivity contribution in [3.63, 3.8) is 0 Å². The Morgan fingerprint density at radius 2 is 1.68 bits per heavy atom. The fourth-order valence-electron chi connectivity index (χ4n) is 2.00. The minimum atomic E-state index is -0.241. The molecule has 22 heavy (non-hydrogen) atoms. The Morgan fingerprint density at radius 3 is 2.27 bits per heavy atom. The third-order valence-corrected chi connectivity index (χ3v) is 3.39. The minimum absolute atomic E-state index is 0.126. The van der Waals surface area contributed by atoms with Crippen molar-refractivity contribution in [3.05, 3.63) is 29.3 Å². The van der Waals surface area contributed by atoms with Crippen molar-refractivity contribution in [2.45, 2.75) is 53.4 Å². The second kappa shape index (κ2) is 8.97. The number of aryl methyl sites for hydroxylation is 2. The smallest absolute Gasteiger partial charge is 0.240 e. The molecule has 120 valence electrons. The van der Waals surface area contributed by atoms with Gasteiger partial charge in [0.1, 0.15) is 0 Å². The van der Waals surface area contributed by atoms with E-state index in [1.807, 2.05) is 45.9 Å². The van der Waals surface area contributed by atoms with Gasteiger partial charge in [0.15, 0.2) is 0 Å². The molecule has 0 spiro atoms. The van der Waals surface area contributed by atoms with E-state index in [1.165, 1.54) is 0 Å². The molecule has 0 heterocycles. The van der Waals surface area contributed by atoms with E-state index >= 15 is 0 Å². The maximum absolute atomic E-state index is 11.9. The summed E-state index contributed by atoms with van der Waals surface area (Å²) in [7, 11) is 0. The quantitative estimate of drug-likeness (QED) is 0.599. The van der Waals surface area contributed by atoms with Crippen molar-refractivity contribution in [3.8, 4) is 0 Å². The van der Waals surface area contributed by atoms with Crippen LogP contribution in [0.1, 0.15) is 50.7 Å². The van der Waals surface area contributed by atoms with Crippen LogP contribution < -0.4 is 10.7 Å². The Balaban J connectivity index is 2.43. The van der Waals surface area contributed by atoms with E-state index in [-0.39, 0.29) is 24.7 Å². The first-order valence-corrected chi connectivity index (χ1v) is 7.67. The summed E-state index contributed by atoms with van der Waals surface area (Å²) in [6.45, 7) is 7.93. The number of benzene rings is 1. The molecule has 0 unspecified atom stereocenters. The number of nitrogens with one attached hydrogen (secondary N) is 2. The van der Waals surface area contributed by atoms with Crippen molar-refractivity contribution in [1.82, 2.24) is 5.43 Å². The first-order chi connectivity index (χ1) is 10.5. The van der Waals surface area contributed by atoms with E-state index in [0.29, 0.717) is 0 Å². The monoisotopic (exact) mass is 303 g/mol. The van der Waals surface area contributed by atoms with E-state index in [4.69, 9.17) is 0 Å². The fourth-order valence-corrected chi connectivity index (χ4v) is 2.00. The summed E-state index contributed by atoms with van der Waals surface area (Å²) in [5.41, 5.74) is 6.38. The summed E-state index contributed by atoms with van der Waals surface area (Å²) in [6, 6.07) is 5.83. The van der Waals surface area contributed by atoms with Gasteiger partial charge in [-0.15, -0.1) is 0 Å². The van der Waals surface area contributed by atoms with Gasteiger partial charge in [-0.3, -0.25) is 9.59 Å². The van der Waals surface area contributed by atoms with Crippen LogP contribution in [0, 0.1) is 13.8 Å². The average Bonchev–Trinajstić information content (AvgIpc) is 2.49. The molecule has 1 aromatic carbocycles. The molecule has 0 radical (unpaired) electrons. The number of carbonyl (C=O) groups excluding carboxylic acids is 2. The predicted octanol–water partition coefficient (Wildman–Crippen LogP) is 3.31. The first-order valence-electron chi connectivity index (χ1n) is 7.67. The van der Waals surface area contributed by atoms with Crippen molar-refractivity contribution in [2.24, 2.45) is 5.10 Å². The van der Waals surface area contributed by atoms with Gasteiger partial charge in [0.2, 0.25) is 11.8 Å². The third-order valence-electron chi connectivity index (χ3n) is 3.39. The summed E-state index contributed by atoms with van der Waals surface area (Å²) in [5, 5.41) is 6.86.